The lowest BCUT2D eigenvalue weighted by atomic mass is 10.1. The molecule has 1 saturated heterocycles. The van der Waals surface area contributed by atoms with Gasteiger partial charge in [-0.1, -0.05) is 0 Å². The van der Waals surface area contributed by atoms with Gasteiger partial charge < -0.3 is 15.4 Å². The van der Waals surface area contributed by atoms with Crippen LogP contribution >= 0.6 is 0 Å². The molecule has 0 radical (unpaired) electrons. The Labute approximate surface area is 100 Å². The van der Waals surface area contributed by atoms with Crippen molar-refractivity contribution in [3.05, 3.63) is 0 Å². The molecule has 1 aliphatic rings. The van der Waals surface area contributed by atoms with Crippen molar-refractivity contribution >= 4 is 17.8 Å². The number of ether oxygens (including phenoxy) is 1. The summed E-state index contributed by atoms with van der Waals surface area (Å²) in [5, 5.41) is 5.31. The van der Waals surface area contributed by atoms with E-state index in [9.17, 15) is 14.4 Å². The number of esters is 1. The van der Waals surface area contributed by atoms with Gasteiger partial charge >= 0.3 is 5.97 Å². The molecule has 6 heteroatoms. The minimum absolute atomic E-state index is 0.0864. The Morgan fingerprint density at radius 2 is 2.29 bits per heavy atom. The molecule has 2 N–H and O–H groups in total. The lowest BCUT2D eigenvalue weighted by Crippen LogP contribution is -2.32. The first-order valence-electron chi connectivity index (χ1n) is 5.83. The van der Waals surface area contributed by atoms with E-state index in [0.717, 1.165) is 0 Å². The van der Waals surface area contributed by atoms with Crippen molar-refractivity contribution in [1.29, 1.82) is 0 Å². The Hall–Kier alpha value is -1.59. The largest absolute Gasteiger partial charge is 0.466 e. The van der Waals surface area contributed by atoms with Crippen molar-refractivity contribution in [2.45, 2.75) is 26.2 Å². The zero-order chi connectivity index (χ0) is 12.7. The molecule has 0 bridgehead atoms. The molecule has 96 valence electrons. The van der Waals surface area contributed by atoms with Gasteiger partial charge in [0.05, 0.1) is 12.5 Å². The van der Waals surface area contributed by atoms with Crippen molar-refractivity contribution in [1.82, 2.24) is 10.6 Å². The third-order valence-electron chi connectivity index (χ3n) is 2.51. The van der Waals surface area contributed by atoms with Crippen LogP contribution in [0.3, 0.4) is 0 Å². The van der Waals surface area contributed by atoms with Crippen molar-refractivity contribution in [3.8, 4) is 0 Å². The number of amides is 2. The van der Waals surface area contributed by atoms with E-state index in [0.29, 0.717) is 32.5 Å². The minimum Gasteiger partial charge on any atom is -0.466 e. The normalized spacial score (nSPS) is 18.6. The Morgan fingerprint density at radius 3 is 2.88 bits per heavy atom. The summed E-state index contributed by atoms with van der Waals surface area (Å²) in [6, 6.07) is 0. The number of carbonyl (C=O) groups is 3. The highest BCUT2D eigenvalue weighted by Crippen LogP contribution is 2.08. The average molecular weight is 242 g/mol. The topological polar surface area (TPSA) is 84.5 Å². The average Bonchev–Trinajstić information content (AvgIpc) is 2.71. The van der Waals surface area contributed by atoms with Crippen LogP contribution in [0.5, 0.6) is 0 Å². The van der Waals surface area contributed by atoms with Gasteiger partial charge in [-0.05, 0) is 13.3 Å². The highest BCUT2D eigenvalue weighted by Gasteiger charge is 2.27. The van der Waals surface area contributed by atoms with Crippen molar-refractivity contribution in [2.24, 2.45) is 5.92 Å². The second kappa shape index (κ2) is 6.88. The Balaban J connectivity index is 2.08. The lowest BCUT2D eigenvalue weighted by molar-refractivity contribution is -0.143. The molecule has 0 aromatic rings. The van der Waals surface area contributed by atoms with Crippen LogP contribution in [0.1, 0.15) is 26.2 Å². The van der Waals surface area contributed by atoms with Crippen molar-refractivity contribution in [2.75, 3.05) is 19.7 Å². The fraction of sp³-hybridized carbons (Fsp3) is 0.727. The summed E-state index contributed by atoms with van der Waals surface area (Å²) < 4.78 is 4.76. The Morgan fingerprint density at radius 1 is 1.53 bits per heavy atom. The standard InChI is InChI=1S/C11H18N2O4/c1-2-17-10(15)4-3-5-12-11(16)8-6-9(14)13-7-8/h8H,2-7H2,1H3,(H,12,16)(H,13,14). The smallest absolute Gasteiger partial charge is 0.305 e. The zero-order valence-corrected chi connectivity index (χ0v) is 9.95. The van der Waals surface area contributed by atoms with Gasteiger partial charge in [-0.2, -0.15) is 0 Å². The van der Waals surface area contributed by atoms with Gasteiger partial charge in [-0.25, -0.2) is 0 Å². The molecule has 0 aromatic carbocycles. The number of hydrogen-bond acceptors (Lipinski definition) is 4. The van der Waals surface area contributed by atoms with Crippen LogP contribution in [0, 0.1) is 5.92 Å². The van der Waals surface area contributed by atoms with Crippen LogP contribution in [-0.4, -0.2) is 37.5 Å². The van der Waals surface area contributed by atoms with Crippen molar-refractivity contribution < 1.29 is 19.1 Å². The third-order valence-corrected chi connectivity index (χ3v) is 2.51. The van der Waals surface area contributed by atoms with E-state index >= 15 is 0 Å². The van der Waals surface area contributed by atoms with Gasteiger partial charge in [0.1, 0.15) is 0 Å². The van der Waals surface area contributed by atoms with Gasteiger partial charge in [0, 0.05) is 25.9 Å². The molecular weight excluding hydrogens is 224 g/mol. The molecule has 1 atom stereocenters. The summed E-state index contributed by atoms with van der Waals surface area (Å²) >= 11 is 0. The van der Waals surface area contributed by atoms with Crippen LogP contribution in [0.2, 0.25) is 0 Å². The molecule has 1 heterocycles. The quantitative estimate of drug-likeness (QED) is 0.489. The van der Waals surface area contributed by atoms with E-state index < -0.39 is 0 Å². The van der Waals surface area contributed by atoms with E-state index in [1.54, 1.807) is 6.92 Å². The molecule has 1 aliphatic heterocycles. The Kier molecular flexibility index (Phi) is 5.45. The van der Waals surface area contributed by atoms with Gasteiger partial charge in [0.15, 0.2) is 0 Å². The molecule has 0 aromatic heterocycles. The van der Waals surface area contributed by atoms with E-state index in [4.69, 9.17) is 4.74 Å². The molecule has 0 spiro atoms. The molecule has 1 rings (SSSR count). The van der Waals surface area contributed by atoms with Gasteiger partial charge in [-0.3, -0.25) is 14.4 Å². The molecule has 0 aliphatic carbocycles. The number of nitrogens with one attached hydrogen (secondary N) is 2. The summed E-state index contributed by atoms with van der Waals surface area (Å²) in [4.78, 5) is 33.4. The summed E-state index contributed by atoms with van der Waals surface area (Å²) in [5.41, 5.74) is 0. The van der Waals surface area contributed by atoms with Crippen LogP contribution in [0.15, 0.2) is 0 Å². The molecule has 0 saturated carbocycles. The Bertz CT molecular complexity index is 304. The number of carbonyl (C=O) groups excluding carboxylic acids is 3. The molecule has 2 amide bonds. The van der Waals surface area contributed by atoms with E-state index in [2.05, 4.69) is 10.6 Å². The molecule has 1 unspecified atom stereocenters. The maximum Gasteiger partial charge on any atom is 0.305 e. The van der Waals surface area contributed by atoms with Crippen LogP contribution in [-0.2, 0) is 19.1 Å². The lowest BCUT2D eigenvalue weighted by Gasteiger charge is -2.08. The summed E-state index contributed by atoms with van der Waals surface area (Å²) in [5.74, 6) is -0.742. The summed E-state index contributed by atoms with van der Waals surface area (Å²) in [7, 11) is 0. The first kappa shape index (κ1) is 13.5. The highest BCUT2D eigenvalue weighted by atomic mass is 16.5. The molecular formula is C11H18N2O4. The number of rotatable bonds is 6. The van der Waals surface area contributed by atoms with Gasteiger partial charge in [-0.15, -0.1) is 0 Å². The zero-order valence-electron chi connectivity index (χ0n) is 9.95. The highest BCUT2D eigenvalue weighted by molar-refractivity contribution is 5.89. The van der Waals surface area contributed by atoms with E-state index in [1.807, 2.05) is 0 Å². The second-order valence-electron chi connectivity index (χ2n) is 3.90. The fourth-order valence-electron chi connectivity index (χ4n) is 1.61. The number of hydrogen-bond donors (Lipinski definition) is 2. The molecule has 17 heavy (non-hydrogen) atoms. The van der Waals surface area contributed by atoms with E-state index in [-0.39, 0.29) is 30.1 Å². The van der Waals surface area contributed by atoms with Crippen molar-refractivity contribution in [3.63, 3.8) is 0 Å². The monoisotopic (exact) mass is 242 g/mol. The molecule has 6 nitrogen and oxygen atoms in total. The maximum absolute atomic E-state index is 11.5. The SMILES string of the molecule is CCOC(=O)CCCNC(=O)C1CNC(=O)C1. The predicted octanol–water partition coefficient (Wildman–Crippen LogP) is -0.418. The van der Waals surface area contributed by atoms with Crippen LogP contribution in [0.4, 0.5) is 0 Å². The van der Waals surface area contributed by atoms with Crippen LogP contribution in [0.25, 0.3) is 0 Å². The predicted molar refractivity (Wildman–Crippen MR) is 60.0 cm³/mol. The summed E-state index contributed by atoms with van der Waals surface area (Å²) in [6.07, 6.45) is 1.11. The third kappa shape index (κ3) is 4.84. The minimum atomic E-state index is -0.273. The second-order valence-corrected chi connectivity index (χ2v) is 3.90. The maximum atomic E-state index is 11.5. The van der Waals surface area contributed by atoms with Gasteiger partial charge in [0.25, 0.3) is 0 Å². The first-order chi connectivity index (χ1) is 8.13. The first-order valence-corrected chi connectivity index (χ1v) is 5.83. The van der Waals surface area contributed by atoms with Crippen LogP contribution < -0.4 is 10.6 Å². The summed E-state index contributed by atoms with van der Waals surface area (Å²) in [6.45, 7) is 2.97. The van der Waals surface area contributed by atoms with Gasteiger partial charge in [0.2, 0.25) is 11.8 Å². The van der Waals surface area contributed by atoms with E-state index in [1.165, 1.54) is 0 Å². The fourth-order valence-corrected chi connectivity index (χ4v) is 1.61. The molecule has 1 fully saturated rings.